The van der Waals surface area contributed by atoms with Gasteiger partial charge in [-0.05, 0) is 31.0 Å². The zero-order valence-corrected chi connectivity index (χ0v) is 12.5. The molecule has 0 aliphatic carbocycles. The summed E-state index contributed by atoms with van der Waals surface area (Å²) in [7, 11) is -3.80. The molecule has 0 bridgehead atoms. The van der Waals surface area contributed by atoms with E-state index >= 15 is 0 Å². The molecule has 1 heterocycles. The largest absolute Gasteiger partial charge is 0.316 e. The molecular weight excluding hydrogens is 276 g/mol. The van der Waals surface area contributed by atoms with Crippen molar-refractivity contribution in [1.29, 1.82) is 0 Å². The highest BCUT2D eigenvalue weighted by Crippen LogP contribution is 2.34. The third-order valence-corrected chi connectivity index (χ3v) is 5.37. The van der Waals surface area contributed by atoms with Crippen LogP contribution in [0, 0.1) is 11.3 Å². The minimum absolute atomic E-state index is 0.0727. The van der Waals surface area contributed by atoms with Crippen LogP contribution in [0.15, 0.2) is 35.2 Å². The molecule has 6 heteroatoms. The van der Waals surface area contributed by atoms with E-state index in [9.17, 15) is 13.2 Å². The number of benzene rings is 1. The predicted octanol–water partition coefficient (Wildman–Crippen LogP) is 1.13. The number of carbonyl (C=O) groups excluding carboxylic acids is 1. The van der Waals surface area contributed by atoms with Gasteiger partial charge in [0, 0.05) is 6.54 Å². The Labute approximate surface area is 119 Å². The molecule has 1 fully saturated rings. The van der Waals surface area contributed by atoms with Gasteiger partial charge in [-0.1, -0.05) is 32.0 Å². The second-order valence-electron chi connectivity index (χ2n) is 5.49. The first-order valence-corrected chi connectivity index (χ1v) is 8.20. The van der Waals surface area contributed by atoms with Crippen LogP contribution in [-0.2, 0) is 14.8 Å². The summed E-state index contributed by atoms with van der Waals surface area (Å²) in [5, 5.41) is 3.15. The highest BCUT2D eigenvalue weighted by atomic mass is 32.2. The van der Waals surface area contributed by atoms with Gasteiger partial charge in [0.15, 0.2) is 0 Å². The molecule has 2 rings (SSSR count). The molecule has 1 aliphatic rings. The first kappa shape index (κ1) is 15.0. The minimum atomic E-state index is -3.80. The Morgan fingerprint density at radius 2 is 1.95 bits per heavy atom. The number of rotatable bonds is 4. The average molecular weight is 296 g/mol. The van der Waals surface area contributed by atoms with E-state index in [1.54, 1.807) is 18.2 Å². The SMILES string of the molecule is CC(C)C1(C(=O)NS(=O)(=O)c2ccccc2)CCNC1. The molecule has 1 atom stereocenters. The van der Waals surface area contributed by atoms with Crippen molar-refractivity contribution >= 4 is 15.9 Å². The zero-order chi connectivity index (χ0) is 14.8. The van der Waals surface area contributed by atoms with Crippen molar-refractivity contribution in [2.45, 2.75) is 25.2 Å². The summed E-state index contributed by atoms with van der Waals surface area (Å²) < 4.78 is 26.7. The molecular formula is C14H20N2O3S. The Morgan fingerprint density at radius 1 is 1.30 bits per heavy atom. The van der Waals surface area contributed by atoms with Crippen molar-refractivity contribution in [3.8, 4) is 0 Å². The van der Waals surface area contributed by atoms with Crippen molar-refractivity contribution < 1.29 is 13.2 Å². The van der Waals surface area contributed by atoms with Gasteiger partial charge in [0.25, 0.3) is 10.0 Å². The van der Waals surface area contributed by atoms with Crippen LogP contribution in [0.3, 0.4) is 0 Å². The van der Waals surface area contributed by atoms with Gasteiger partial charge in [-0.2, -0.15) is 0 Å². The van der Waals surface area contributed by atoms with Gasteiger partial charge in [-0.3, -0.25) is 4.79 Å². The van der Waals surface area contributed by atoms with Crippen LogP contribution in [0.1, 0.15) is 20.3 Å². The molecule has 0 spiro atoms. The van der Waals surface area contributed by atoms with E-state index in [1.807, 2.05) is 13.8 Å². The lowest BCUT2D eigenvalue weighted by atomic mass is 9.76. The highest BCUT2D eigenvalue weighted by molar-refractivity contribution is 7.90. The summed E-state index contributed by atoms with van der Waals surface area (Å²) >= 11 is 0. The van der Waals surface area contributed by atoms with Crippen LogP contribution in [0.2, 0.25) is 0 Å². The third kappa shape index (κ3) is 2.71. The van der Waals surface area contributed by atoms with Gasteiger partial charge in [0.2, 0.25) is 5.91 Å². The summed E-state index contributed by atoms with van der Waals surface area (Å²) in [5.41, 5.74) is -0.651. The van der Waals surface area contributed by atoms with Gasteiger partial charge >= 0.3 is 0 Å². The molecule has 0 saturated carbocycles. The summed E-state index contributed by atoms with van der Waals surface area (Å²) in [6.07, 6.45) is 0.654. The van der Waals surface area contributed by atoms with Crippen LogP contribution in [0.4, 0.5) is 0 Å². The van der Waals surface area contributed by atoms with Crippen molar-refractivity contribution in [3.05, 3.63) is 30.3 Å². The van der Waals surface area contributed by atoms with Gasteiger partial charge in [-0.15, -0.1) is 0 Å². The lowest BCUT2D eigenvalue weighted by molar-refractivity contribution is -0.130. The van der Waals surface area contributed by atoms with E-state index in [0.29, 0.717) is 13.0 Å². The summed E-state index contributed by atoms with van der Waals surface area (Å²) in [6, 6.07) is 7.95. The second-order valence-corrected chi connectivity index (χ2v) is 7.17. The number of sulfonamides is 1. The maximum atomic E-state index is 12.5. The Balaban J connectivity index is 2.23. The molecule has 1 aliphatic heterocycles. The number of nitrogens with one attached hydrogen (secondary N) is 2. The van der Waals surface area contributed by atoms with Crippen LogP contribution >= 0.6 is 0 Å². The van der Waals surface area contributed by atoms with Gasteiger partial charge in [0.05, 0.1) is 10.3 Å². The van der Waals surface area contributed by atoms with E-state index in [-0.39, 0.29) is 10.8 Å². The monoisotopic (exact) mass is 296 g/mol. The van der Waals surface area contributed by atoms with E-state index < -0.39 is 21.3 Å². The molecule has 1 aromatic rings. The lowest BCUT2D eigenvalue weighted by Crippen LogP contribution is -2.47. The third-order valence-electron chi connectivity index (χ3n) is 4.03. The maximum Gasteiger partial charge on any atom is 0.264 e. The van der Waals surface area contributed by atoms with E-state index in [0.717, 1.165) is 6.54 Å². The smallest absolute Gasteiger partial charge is 0.264 e. The standard InChI is InChI=1S/C14H20N2O3S/c1-11(2)14(8-9-15-10-14)13(17)16-20(18,19)12-6-4-3-5-7-12/h3-7,11,15H,8-10H2,1-2H3,(H,16,17). The number of amides is 1. The topological polar surface area (TPSA) is 75.3 Å². The molecule has 1 unspecified atom stereocenters. The normalized spacial score (nSPS) is 22.9. The first-order chi connectivity index (χ1) is 9.38. The molecule has 1 aromatic carbocycles. The van der Waals surface area contributed by atoms with Crippen LogP contribution in [0.25, 0.3) is 0 Å². The Hall–Kier alpha value is -1.40. The summed E-state index contributed by atoms with van der Waals surface area (Å²) in [4.78, 5) is 12.6. The predicted molar refractivity (Wildman–Crippen MR) is 76.5 cm³/mol. The Kier molecular flexibility index (Phi) is 4.15. The minimum Gasteiger partial charge on any atom is -0.316 e. The van der Waals surface area contributed by atoms with Crippen molar-refractivity contribution in [1.82, 2.24) is 10.0 Å². The van der Waals surface area contributed by atoms with Crippen LogP contribution in [-0.4, -0.2) is 27.4 Å². The fourth-order valence-electron chi connectivity index (χ4n) is 2.54. The quantitative estimate of drug-likeness (QED) is 0.873. The molecule has 20 heavy (non-hydrogen) atoms. The maximum absolute atomic E-state index is 12.5. The Bertz CT molecular complexity index is 576. The number of carbonyl (C=O) groups is 1. The van der Waals surface area contributed by atoms with Crippen molar-refractivity contribution in [3.63, 3.8) is 0 Å². The summed E-state index contributed by atoms with van der Waals surface area (Å²) in [6.45, 7) is 5.14. The van der Waals surface area contributed by atoms with E-state index in [4.69, 9.17) is 0 Å². The number of hydrogen-bond acceptors (Lipinski definition) is 4. The zero-order valence-electron chi connectivity index (χ0n) is 11.7. The average Bonchev–Trinajstić information content (AvgIpc) is 2.90. The van der Waals surface area contributed by atoms with Crippen molar-refractivity contribution in [2.24, 2.45) is 11.3 Å². The molecule has 110 valence electrons. The van der Waals surface area contributed by atoms with Crippen molar-refractivity contribution in [2.75, 3.05) is 13.1 Å². The second kappa shape index (κ2) is 5.54. The fourth-order valence-corrected chi connectivity index (χ4v) is 3.62. The Morgan fingerprint density at radius 3 is 2.45 bits per heavy atom. The van der Waals surface area contributed by atoms with Crippen LogP contribution in [0.5, 0.6) is 0 Å². The molecule has 2 N–H and O–H groups in total. The lowest BCUT2D eigenvalue weighted by Gasteiger charge is -2.30. The molecule has 5 nitrogen and oxygen atoms in total. The van der Waals surface area contributed by atoms with Gasteiger partial charge < -0.3 is 5.32 Å². The molecule has 1 amide bonds. The molecule has 1 saturated heterocycles. The highest BCUT2D eigenvalue weighted by Gasteiger charge is 2.45. The molecule has 0 aromatic heterocycles. The van der Waals surface area contributed by atoms with E-state index in [1.165, 1.54) is 12.1 Å². The molecule has 0 radical (unpaired) electrons. The number of hydrogen-bond donors (Lipinski definition) is 2. The van der Waals surface area contributed by atoms with Crippen LogP contribution < -0.4 is 10.0 Å². The van der Waals surface area contributed by atoms with E-state index in [2.05, 4.69) is 10.0 Å². The first-order valence-electron chi connectivity index (χ1n) is 6.71. The fraction of sp³-hybridized carbons (Fsp3) is 0.500. The van der Waals surface area contributed by atoms with Gasteiger partial charge in [-0.25, -0.2) is 13.1 Å². The van der Waals surface area contributed by atoms with Gasteiger partial charge in [0.1, 0.15) is 0 Å². The summed E-state index contributed by atoms with van der Waals surface area (Å²) in [5.74, 6) is -0.343.